The Morgan fingerprint density at radius 3 is 2.69 bits per heavy atom. The summed E-state index contributed by atoms with van der Waals surface area (Å²) in [4.78, 5) is 14.9. The van der Waals surface area contributed by atoms with Gasteiger partial charge in [-0.3, -0.25) is 9.69 Å². The Labute approximate surface area is 195 Å². The van der Waals surface area contributed by atoms with Crippen molar-refractivity contribution < 1.29 is 17.9 Å². The summed E-state index contributed by atoms with van der Waals surface area (Å²) >= 11 is 6.15. The minimum Gasteiger partial charge on any atom is -0.374 e. The van der Waals surface area contributed by atoms with E-state index in [1.54, 1.807) is 0 Å². The highest BCUT2D eigenvalue weighted by Gasteiger charge is 2.23. The van der Waals surface area contributed by atoms with Gasteiger partial charge in [0.2, 0.25) is 10.0 Å². The van der Waals surface area contributed by atoms with Gasteiger partial charge in [0.15, 0.2) is 0 Å². The number of benzene rings is 2. The molecule has 32 heavy (non-hydrogen) atoms. The highest BCUT2D eigenvalue weighted by molar-refractivity contribution is 7.89. The number of hydrogen-bond donors (Lipinski definition) is 2. The molecule has 0 bridgehead atoms. The molecule has 0 saturated carbocycles. The van der Waals surface area contributed by atoms with E-state index in [0.717, 1.165) is 25.2 Å². The van der Waals surface area contributed by atoms with Crippen molar-refractivity contribution in [2.75, 3.05) is 32.8 Å². The smallest absolute Gasteiger partial charge is 0.251 e. The summed E-state index contributed by atoms with van der Waals surface area (Å²) in [6, 6.07) is 13.4. The van der Waals surface area contributed by atoms with Gasteiger partial charge in [0.1, 0.15) is 4.90 Å². The molecule has 9 heteroatoms. The Hall–Kier alpha value is -1.97. The minimum atomic E-state index is -3.89. The number of nitrogens with zero attached hydrogens (tertiary/aromatic N) is 1. The van der Waals surface area contributed by atoms with Gasteiger partial charge in [0.05, 0.1) is 17.7 Å². The highest BCUT2D eigenvalue weighted by Crippen LogP contribution is 2.23. The van der Waals surface area contributed by atoms with Crippen LogP contribution in [-0.4, -0.2) is 58.1 Å². The van der Waals surface area contributed by atoms with E-state index < -0.39 is 10.0 Å². The van der Waals surface area contributed by atoms with Gasteiger partial charge >= 0.3 is 0 Å². The zero-order chi connectivity index (χ0) is 23.1. The van der Waals surface area contributed by atoms with Crippen molar-refractivity contribution in [1.82, 2.24) is 14.9 Å². The van der Waals surface area contributed by atoms with Gasteiger partial charge in [-0.15, -0.1) is 0 Å². The Morgan fingerprint density at radius 1 is 1.22 bits per heavy atom. The largest absolute Gasteiger partial charge is 0.374 e. The molecule has 0 aromatic heterocycles. The molecular formula is C23H30ClN3O4S. The molecule has 3 rings (SSSR count). The summed E-state index contributed by atoms with van der Waals surface area (Å²) < 4.78 is 33.9. The molecule has 1 unspecified atom stereocenters. The van der Waals surface area contributed by atoms with Crippen LogP contribution in [0.5, 0.6) is 0 Å². The van der Waals surface area contributed by atoms with Gasteiger partial charge in [0.25, 0.3) is 5.91 Å². The third-order valence-corrected chi connectivity index (χ3v) is 7.01. The van der Waals surface area contributed by atoms with Crippen molar-refractivity contribution >= 4 is 27.5 Å². The summed E-state index contributed by atoms with van der Waals surface area (Å²) in [7, 11) is -3.89. The van der Waals surface area contributed by atoms with Crippen molar-refractivity contribution in [3.05, 3.63) is 64.7 Å². The molecule has 0 aliphatic carbocycles. The molecule has 7 nitrogen and oxygen atoms in total. The van der Waals surface area contributed by atoms with Crippen molar-refractivity contribution in [1.29, 1.82) is 0 Å². The molecule has 1 aliphatic heterocycles. The van der Waals surface area contributed by atoms with E-state index >= 15 is 0 Å². The number of nitrogens with one attached hydrogen (secondary N) is 2. The summed E-state index contributed by atoms with van der Waals surface area (Å²) in [5.41, 5.74) is 1.05. The predicted molar refractivity (Wildman–Crippen MR) is 125 cm³/mol. The lowest BCUT2D eigenvalue weighted by Gasteiger charge is -2.33. The van der Waals surface area contributed by atoms with Gasteiger partial charge < -0.3 is 10.1 Å². The molecule has 174 valence electrons. The molecule has 1 aliphatic rings. The van der Waals surface area contributed by atoms with Crippen LogP contribution in [0.15, 0.2) is 53.4 Å². The molecule has 1 amide bonds. The first kappa shape index (κ1) is 24.7. The van der Waals surface area contributed by atoms with E-state index in [9.17, 15) is 13.2 Å². The standard InChI is InChI=1S/C23H30ClN3O4S/c1-17(2)15-27-10-11-31-20(16-27)14-25-23(28)19-8-9-21(24)22(12-19)32(29,30)26-13-18-6-4-3-5-7-18/h3-9,12,17,20,26H,10-11,13-16H2,1-2H3,(H,25,28). The van der Waals surface area contributed by atoms with Gasteiger partial charge in [-0.1, -0.05) is 55.8 Å². The van der Waals surface area contributed by atoms with Crippen molar-refractivity contribution in [3.63, 3.8) is 0 Å². The normalized spacial score (nSPS) is 17.4. The van der Waals surface area contributed by atoms with Crippen LogP contribution < -0.4 is 10.0 Å². The second-order valence-corrected chi connectivity index (χ2v) is 10.5. The predicted octanol–water partition coefficient (Wildman–Crippen LogP) is 2.91. The van der Waals surface area contributed by atoms with Gasteiger partial charge in [-0.05, 0) is 29.7 Å². The lowest BCUT2D eigenvalue weighted by atomic mass is 10.1. The second kappa shape index (κ2) is 11.2. The first-order valence-electron chi connectivity index (χ1n) is 10.7. The van der Waals surface area contributed by atoms with E-state index in [0.29, 0.717) is 19.1 Å². The fourth-order valence-electron chi connectivity index (χ4n) is 3.60. The van der Waals surface area contributed by atoms with Crippen LogP contribution >= 0.6 is 11.6 Å². The number of carbonyl (C=O) groups is 1. The van der Waals surface area contributed by atoms with Crippen molar-refractivity contribution in [3.8, 4) is 0 Å². The maximum Gasteiger partial charge on any atom is 0.251 e. The minimum absolute atomic E-state index is 0.0575. The van der Waals surface area contributed by atoms with Crippen LogP contribution in [0.1, 0.15) is 29.8 Å². The maximum atomic E-state index is 12.8. The first-order valence-corrected chi connectivity index (χ1v) is 12.6. The van der Waals surface area contributed by atoms with Crippen LogP contribution in [0.3, 0.4) is 0 Å². The third-order valence-electron chi connectivity index (χ3n) is 5.13. The number of sulfonamides is 1. The molecule has 1 atom stereocenters. The Balaban J connectivity index is 1.62. The number of halogens is 1. The Morgan fingerprint density at radius 2 is 1.97 bits per heavy atom. The molecule has 2 aromatic rings. The topological polar surface area (TPSA) is 87.7 Å². The molecular weight excluding hydrogens is 450 g/mol. The van der Waals surface area contributed by atoms with Gasteiger partial charge in [-0.25, -0.2) is 13.1 Å². The summed E-state index contributed by atoms with van der Waals surface area (Å²) in [5.74, 6) is 0.194. The monoisotopic (exact) mass is 479 g/mol. The average molecular weight is 480 g/mol. The molecule has 0 radical (unpaired) electrons. The van der Waals surface area contributed by atoms with Gasteiger partial charge in [0, 0.05) is 38.3 Å². The van der Waals surface area contributed by atoms with Crippen molar-refractivity contribution in [2.45, 2.75) is 31.4 Å². The lowest BCUT2D eigenvalue weighted by Crippen LogP contribution is -2.48. The summed E-state index contributed by atoms with van der Waals surface area (Å²) in [6.07, 6.45) is -0.102. The van der Waals surface area contributed by atoms with Crippen LogP contribution in [0.2, 0.25) is 5.02 Å². The van der Waals surface area contributed by atoms with Crippen LogP contribution in [0.25, 0.3) is 0 Å². The van der Waals surface area contributed by atoms with Crippen molar-refractivity contribution in [2.24, 2.45) is 5.92 Å². The van der Waals surface area contributed by atoms with E-state index in [-0.39, 0.29) is 34.0 Å². The summed E-state index contributed by atoms with van der Waals surface area (Å²) in [5, 5.41) is 2.91. The average Bonchev–Trinajstić information content (AvgIpc) is 2.77. The maximum absolute atomic E-state index is 12.8. The molecule has 1 fully saturated rings. The van der Waals surface area contributed by atoms with E-state index in [4.69, 9.17) is 16.3 Å². The van der Waals surface area contributed by atoms with E-state index in [1.165, 1.54) is 18.2 Å². The number of hydrogen-bond acceptors (Lipinski definition) is 5. The fraction of sp³-hybridized carbons (Fsp3) is 0.435. The first-order chi connectivity index (χ1) is 15.2. The van der Waals surface area contributed by atoms with E-state index in [2.05, 4.69) is 28.8 Å². The Kier molecular flexibility index (Phi) is 8.67. The quantitative estimate of drug-likeness (QED) is 0.577. The SMILES string of the molecule is CC(C)CN1CCOC(CNC(=O)c2ccc(Cl)c(S(=O)(=O)NCc3ccccc3)c2)C1. The fourth-order valence-corrected chi connectivity index (χ4v) is 5.14. The lowest BCUT2D eigenvalue weighted by molar-refractivity contribution is -0.0295. The number of amides is 1. The Bertz CT molecular complexity index is 1020. The number of ether oxygens (including phenoxy) is 1. The van der Waals surface area contributed by atoms with E-state index in [1.807, 2.05) is 30.3 Å². The molecule has 2 aromatic carbocycles. The number of rotatable bonds is 9. The molecule has 1 heterocycles. The summed E-state index contributed by atoms with van der Waals surface area (Å²) in [6.45, 7) is 8.08. The third kappa shape index (κ3) is 7.02. The van der Waals surface area contributed by atoms with Crippen LogP contribution in [0, 0.1) is 5.92 Å². The van der Waals surface area contributed by atoms with Gasteiger partial charge in [-0.2, -0.15) is 0 Å². The van der Waals surface area contributed by atoms with Crippen LogP contribution in [-0.2, 0) is 21.3 Å². The zero-order valence-corrected chi connectivity index (χ0v) is 20.0. The number of morpholine rings is 1. The second-order valence-electron chi connectivity index (χ2n) is 8.31. The zero-order valence-electron chi connectivity index (χ0n) is 18.4. The number of carbonyl (C=O) groups excluding carboxylic acids is 1. The molecule has 1 saturated heterocycles. The highest BCUT2D eigenvalue weighted by atomic mass is 35.5. The molecule has 2 N–H and O–H groups in total. The van der Waals surface area contributed by atoms with Crippen LogP contribution in [0.4, 0.5) is 0 Å². The molecule has 0 spiro atoms.